The van der Waals surface area contributed by atoms with Gasteiger partial charge in [0.05, 0.1) is 27.2 Å². The van der Waals surface area contributed by atoms with Crippen LogP contribution in [0.15, 0.2) is 72.8 Å². The van der Waals surface area contributed by atoms with Gasteiger partial charge in [-0.05, 0) is 41.0 Å². The van der Waals surface area contributed by atoms with Gasteiger partial charge >= 0.3 is 0 Å². The van der Waals surface area contributed by atoms with Crippen molar-refractivity contribution in [3.05, 3.63) is 94.5 Å². The van der Waals surface area contributed by atoms with E-state index in [-0.39, 0.29) is 24.8 Å². The second-order valence-corrected chi connectivity index (χ2v) is 8.94. The number of hydrogen-bond acceptors (Lipinski definition) is 5. The molecule has 0 fully saturated rings. The summed E-state index contributed by atoms with van der Waals surface area (Å²) in [5.41, 5.74) is 2.57. The maximum atomic E-state index is 13.8. The first-order chi connectivity index (χ1) is 17.9. The second-order valence-electron chi connectivity index (χ2n) is 8.50. The van der Waals surface area contributed by atoms with Crippen LogP contribution in [-0.4, -0.2) is 57.2 Å². The number of halogens is 1. The molecule has 0 heterocycles. The number of nitrogens with zero attached hydrogens (tertiary/aromatic N) is 1. The Labute approximate surface area is 223 Å². The van der Waals surface area contributed by atoms with Gasteiger partial charge in [0, 0.05) is 31.6 Å². The van der Waals surface area contributed by atoms with Crippen LogP contribution in [0.5, 0.6) is 11.5 Å². The molecule has 1 N–H and O–H groups in total. The van der Waals surface area contributed by atoms with Gasteiger partial charge in [-0.2, -0.15) is 0 Å². The third-order valence-electron chi connectivity index (χ3n) is 5.95. The molecule has 3 aromatic carbocycles. The first kappa shape index (κ1) is 28.0. The Morgan fingerprint density at radius 2 is 1.54 bits per heavy atom. The third kappa shape index (κ3) is 8.23. The number of amides is 2. The van der Waals surface area contributed by atoms with Crippen LogP contribution in [0.1, 0.15) is 16.7 Å². The molecule has 0 aliphatic heterocycles. The molecule has 1 atom stereocenters. The van der Waals surface area contributed by atoms with Crippen molar-refractivity contribution in [2.75, 3.05) is 34.5 Å². The topological polar surface area (TPSA) is 77.1 Å². The molecule has 3 aromatic rings. The maximum absolute atomic E-state index is 13.8. The predicted octanol–water partition coefficient (Wildman–Crippen LogP) is 4.30. The minimum atomic E-state index is -0.734. The van der Waals surface area contributed by atoms with Gasteiger partial charge in [-0.1, -0.05) is 60.1 Å². The van der Waals surface area contributed by atoms with Crippen LogP contribution in [0.25, 0.3) is 0 Å². The highest BCUT2D eigenvalue weighted by Crippen LogP contribution is 2.28. The van der Waals surface area contributed by atoms with Crippen LogP contribution < -0.4 is 14.8 Å². The molecular formula is C29H33ClN2O5. The van der Waals surface area contributed by atoms with E-state index < -0.39 is 6.04 Å². The average molecular weight is 525 g/mol. The molecule has 0 aromatic heterocycles. The van der Waals surface area contributed by atoms with Gasteiger partial charge in [0.25, 0.3) is 0 Å². The Morgan fingerprint density at radius 1 is 0.865 bits per heavy atom. The monoisotopic (exact) mass is 524 g/mol. The van der Waals surface area contributed by atoms with Crippen LogP contribution in [0.2, 0.25) is 5.02 Å². The first-order valence-electron chi connectivity index (χ1n) is 12.0. The molecular weight excluding hydrogens is 492 g/mol. The molecule has 0 bridgehead atoms. The minimum absolute atomic E-state index is 0.0879. The van der Waals surface area contributed by atoms with Crippen molar-refractivity contribution < 1.29 is 23.8 Å². The fraction of sp³-hybridized carbons (Fsp3) is 0.310. The Hall–Kier alpha value is -3.55. The van der Waals surface area contributed by atoms with Crippen LogP contribution >= 0.6 is 11.6 Å². The van der Waals surface area contributed by atoms with Crippen molar-refractivity contribution in [2.24, 2.45) is 0 Å². The van der Waals surface area contributed by atoms with E-state index in [2.05, 4.69) is 5.32 Å². The molecule has 0 aliphatic carbocycles. The van der Waals surface area contributed by atoms with Crippen molar-refractivity contribution >= 4 is 23.4 Å². The summed E-state index contributed by atoms with van der Waals surface area (Å²) in [5, 5.41) is 3.52. The van der Waals surface area contributed by atoms with E-state index in [1.54, 1.807) is 50.5 Å². The SMILES string of the molecule is COCCNC(=O)C(Cc1ccccc1)N(Cc1ccc(Cl)cc1)C(=O)Cc1ccc(OC)c(OC)c1. The summed E-state index contributed by atoms with van der Waals surface area (Å²) < 4.78 is 15.8. The van der Waals surface area contributed by atoms with E-state index in [9.17, 15) is 9.59 Å². The summed E-state index contributed by atoms with van der Waals surface area (Å²) >= 11 is 6.08. The lowest BCUT2D eigenvalue weighted by Crippen LogP contribution is -2.51. The van der Waals surface area contributed by atoms with Crippen LogP contribution in [0, 0.1) is 0 Å². The number of benzene rings is 3. The van der Waals surface area contributed by atoms with Gasteiger partial charge in [0.1, 0.15) is 6.04 Å². The van der Waals surface area contributed by atoms with E-state index >= 15 is 0 Å². The average Bonchev–Trinajstić information content (AvgIpc) is 2.92. The number of ether oxygens (including phenoxy) is 3. The largest absolute Gasteiger partial charge is 0.493 e. The lowest BCUT2D eigenvalue weighted by molar-refractivity contribution is -0.140. The molecule has 1 unspecified atom stereocenters. The van der Waals surface area contributed by atoms with E-state index in [1.807, 2.05) is 48.5 Å². The molecule has 0 aliphatic rings. The van der Waals surface area contributed by atoms with E-state index in [0.29, 0.717) is 36.1 Å². The highest BCUT2D eigenvalue weighted by Gasteiger charge is 2.30. The van der Waals surface area contributed by atoms with Crippen LogP contribution in [0.3, 0.4) is 0 Å². The lowest BCUT2D eigenvalue weighted by Gasteiger charge is -2.32. The molecule has 2 amide bonds. The Bertz CT molecular complexity index is 1150. The number of carbonyl (C=O) groups excluding carboxylic acids is 2. The molecule has 0 radical (unpaired) electrons. The lowest BCUT2D eigenvalue weighted by atomic mass is 10.0. The summed E-state index contributed by atoms with van der Waals surface area (Å²) in [5.74, 6) is 0.687. The molecule has 37 heavy (non-hydrogen) atoms. The van der Waals surface area contributed by atoms with E-state index in [4.69, 9.17) is 25.8 Å². The number of methoxy groups -OCH3 is 3. The number of carbonyl (C=O) groups is 2. The number of nitrogens with one attached hydrogen (secondary N) is 1. The van der Waals surface area contributed by atoms with Gasteiger partial charge in [-0.25, -0.2) is 0 Å². The van der Waals surface area contributed by atoms with Crippen LogP contribution in [-0.2, 0) is 33.7 Å². The van der Waals surface area contributed by atoms with Crippen molar-refractivity contribution in [2.45, 2.75) is 25.4 Å². The summed E-state index contributed by atoms with van der Waals surface area (Å²) in [6.07, 6.45) is 0.454. The van der Waals surface area contributed by atoms with Gasteiger partial charge in [0.2, 0.25) is 11.8 Å². The quantitative estimate of drug-likeness (QED) is 0.337. The minimum Gasteiger partial charge on any atom is -0.493 e. The van der Waals surface area contributed by atoms with Gasteiger partial charge in [-0.3, -0.25) is 9.59 Å². The van der Waals surface area contributed by atoms with Crippen molar-refractivity contribution in [1.82, 2.24) is 10.2 Å². The number of rotatable bonds is 13. The number of hydrogen-bond donors (Lipinski definition) is 1. The normalized spacial score (nSPS) is 11.5. The van der Waals surface area contributed by atoms with Crippen molar-refractivity contribution in [3.8, 4) is 11.5 Å². The molecule has 196 valence electrons. The van der Waals surface area contributed by atoms with E-state index in [0.717, 1.165) is 16.7 Å². The standard InChI is InChI=1S/C29H33ClN2O5/c1-35-16-15-31-29(34)25(17-21-7-5-4-6-8-21)32(20-22-9-12-24(30)13-10-22)28(33)19-23-11-14-26(36-2)27(18-23)37-3/h4-14,18,25H,15-17,19-20H2,1-3H3,(H,31,34). The van der Waals surface area contributed by atoms with E-state index in [1.165, 1.54) is 0 Å². The van der Waals surface area contributed by atoms with Crippen LogP contribution in [0.4, 0.5) is 0 Å². The molecule has 3 rings (SSSR count). The Balaban J connectivity index is 1.95. The fourth-order valence-corrected chi connectivity index (χ4v) is 4.13. The molecule has 0 saturated carbocycles. The fourth-order valence-electron chi connectivity index (χ4n) is 4.00. The molecule has 8 heteroatoms. The molecule has 7 nitrogen and oxygen atoms in total. The maximum Gasteiger partial charge on any atom is 0.243 e. The highest BCUT2D eigenvalue weighted by atomic mass is 35.5. The van der Waals surface area contributed by atoms with Crippen molar-refractivity contribution in [1.29, 1.82) is 0 Å². The van der Waals surface area contributed by atoms with Gasteiger partial charge < -0.3 is 24.4 Å². The zero-order valence-electron chi connectivity index (χ0n) is 21.4. The summed E-state index contributed by atoms with van der Waals surface area (Å²) in [7, 11) is 4.69. The Kier molecular flexibility index (Phi) is 10.8. The zero-order chi connectivity index (χ0) is 26.6. The smallest absolute Gasteiger partial charge is 0.243 e. The van der Waals surface area contributed by atoms with Gasteiger partial charge in [-0.15, -0.1) is 0 Å². The Morgan fingerprint density at radius 3 is 2.19 bits per heavy atom. The second kappa shape index (κ2) is 14.3. The highest BCUT2D eigenvalue weighted by molar-refractivity contribution is 6.30. The summed E-state index contributed by atoms with van der Waals surface area (Å²) in [6.45, 7) is 0.971. The summed E-state index contributed by atoms with van der Waals surface area (Å²) in [6, 6.07) is 21.6. The van der Waals surface area contributed by atoms with Crippen molar-refractivity contribution in [3.63, 3.8) is 0 Å². The molecule has 0 saturated heterocycles. The van der Waals surface area contributed by atoms with Gasteiger partial charge in [0.15, 0.2) is 11.5 Å². The first-order valence-corrected chi connectivity index (χ1v) is 12.4. The predicted molar refractivity (Wildman–Crippen MR) is 144 cm³/mol. The zero-order valence-corrected chi connectivity index (χ0v) is 22.2. The summed E-state index contributed by atoms with van der Waals surface area (Å²) in [4.78, 5) is 28.9. The molecule has 0 spiro atoms. The third-order valence-corrected chi connectivity index (χ3v) is 6.20.